The molecule has 7 nitrogen and oxygen atoms in total. The molecule has 1 atom stereocenters. The first kappa shape index (κ1) is 17.8. The lowest BCUT2D eigenvalue weighted by molar-refractivity contribution is -0.142. The zero-order valence-corrected chi connectivity index (χ0v) is 12.4. The van der Waals surface area contributed by atoms with Crippen molar-refractivity contribution in [2.45, 2.75) is 39.7 Å². The zero-order valence-electron chi connectivity index (χ0n) is 11.6. The molecule has 0 bridgehead atoms. The molecule has 0 saturated heterocycles. The number of nitrogens with one attached hydrogen (secondary N) is 1. The molecule has 0 aliphatic rings. The maximum atomic E-state index is 11.6. The second-order valence-corrected chi connectivity index (χ2v) is 7.15. The van der Waals surface area contributed by atoms with Crippen molar-refractivity contribution in [1.82, 2.24) is 5.32 Å². The van der Waals surface area contributed by atoms with Gasteiger partial charge in [-0.1, -0.05) is 20.8 Å². The highest BCUT2D eigenvalue weighted by molar-refractivity contribution is 7.85. The fraction of sp³-hybridized carbons (Fsp3) is 0.818. The molecule has 112 valence electrons. The summed E-state index contributed by atoms with van der Waals surface area (Å²) in [6.07, 6.45) is 0.947. The van der Waals surface area contributed by atoms with Gasteiger partial charge in [0.2, 0.25) is 5.91 Å². The molecule has 2 N–H and O–H groups in total. The van der Waals surface area contributed by atoms with Crippen LogP contribution in [0.2, 0.25) is 0 Å². The summed E-state index contributed by atoms with van der Waals surface area (Å²) >= 11 is 0. The molecule has 0 aromatic heterocycles. The molecule has 0 rings (SSSR count). The van der Waals surface area contributed by atoms with Crippen molar-refractivity contribution in [3.05, 3.63) is 0 Å². The Morgan fingerprint density at radius 2 is 1.84 bits per heavy atom. The van der Waals surface area contributed by atoms with Crippen molar-refractivity contribution in [1.29, 1.82) is 0 Å². The van der Waals surface area contributed by atoms with Crippen LogP contribution < -0.4 is 5.32 Å². The van der Waals surface area contributed by atoms with Gasteiger partial charge in [0, 0.05) is 12.8 Å². The predicted octanol–water partition coefficient (Wildman–Crippen LogP) is 0.358. The van der Waals surface area contributed by atoms with Crippen LogP contribution in [0.4, 0.5) is 0 Å². The van der Waals surface area contributed by atoms with Crippen LogP contribution in [0.25, 0.3) is 0 Å². The quantitative estimate of drug-likeness (QED) is 0.656. The van der Waals surface area contributed by atoms with Crippen LogP contribution in [0.15, 0.2) is 0 Å². The van der Waals surface area contributed by atoms with Gasteiger partial charge in [0.05, 0.1) is 12.9 Å². The van der Waals surface area contributed by atoms with Gasteiger partial charge in [-0.15, -0.1) is 0 Å². The van der Waals surface area contributed by atoms with Crippen LogP contribution in [-0.2, 0) is 23.9 Å². The van der Waals surface area contributed by atoms with Crippen molar-refractivity contribution >= 4 is 22.0 Å². The molecule has 0 unspecified atom stereocenters. The summed E-state index contributed by atoms with van der Waals surface area (Å²) in [5, 5.41) is 11.3. The first-order chi connectivity index (χ1) is 8.41. The second kappa shape index (κ2) is 6.85. The number of carbonyl (C=O) groups is 2. The van der Waals surface area contributed by atoms with Crippen LogP contribution in [0, 0.1) is 5.41 Å². The number of amides is 1. The van der Waals surface area contributed by atoms with E-state index in [4.69, 9.17) is 5.11 Å². The van der Waals surface area contributed by atoms with Crippen LogP contribution in [0.1, 0.15) is 33.6 Å². The largest absolute Gasteiger partial charge is 0.480 e. The molecule has 0 aliphatic carbocycles. The van der Waals surface area contributed by atoms with E-state index in [9.17, 15) is 18.0 Å². The smallest absolute Gasteiger partial charge is 0.326 e. The highest BCUT2D eigenvalue weighted by Crippen LogP contribution is 2.18. The van der Waals surface area contributed by atoms with Gasteiger partial charge in [-0.05, 0) is 5.41 Å². The molecule has 0 aromatic rings. The van der Waals surface area contributed by atoms with Gasteiger partial charge in [-0.25, -0.2) is 4.79 Å². The van der Waals surface area contributed by atoms with Gasteiger partial charge in [0.25, 0.3) is 10.1 Å². The molecule has 0 saturated carbocycles. The molecule has 8 heteroatoms. The highest BCUT2D eigenvalue weighted by atomic mass is 32.2. The Bertz CT molecular complexity index is 423. The topological polar surface area (TPSA) is 110 Å². The van der Waals surface area contributed by atoms with E-state index in [2.05, 4.69) is 9.50 Å². The minimum atomic E-state index is -3.61. The van der Waals surface area contributed by atoms with E-state index in [0.717, 1.165) is 6.26 Å². The fourth-order valence-electron chi connectivity index (χ4n) is 1.30. The molecule has 0 aromatic carbocycles. The van der Waals surface area contributed by atoms with E-state index in [1.807, 2.05) is 20.8 Å². The summed E-state index contributed by atoms with van der Waals surface area (Å²) in [6, 6.07) is -1.16. The van der Waals surface area contributed by atoms with Crippen molar-refractivity contribution in [2.24, 2.45) is 5.41 Å². The first-order valence-electron chi connectivity index (χ1n) is 5.77. The average molecular weight is 295 g/mol. The lowest BCUT2D eigenvalue weighted by Crippen LogP contribution is -2.42. The van der Waals surface area contributed by atoms with Crippen molar-refractivity contribution in [3.63, 3.8) is 0 Å². The van der Waals surface area contributed by atoms with Crippen molar-refractivity contribution in [2.75, 3.05) is 12.9 Å². The Kier molecular flexibility index (Phi) is 6.44. The molecule has 0 spiro atoms. The molecular weight excluding hydrogens is 274 g/mol. The van der Waals surface area contributed by atoms with Gasteiger partial charge in [0.1, 0.15) is 6.04 Å². The minimum Gasteiger partial charge on any atom is -0.480 e. The molecule has 19 heavy (non-hydrogen) atoms. The van der Waals surface area contributed by atoms with Crippen LogP contribution in [0.5, 0.6) is 0 Å². The summed E-state index contributed by atoms with van der Waals surface area (Å²) in [6.45, 7) is 5.28. The molecule has 0 radical (unpaired) electrons. The Labute approximate surface area is 113 Å². The van der Waals surface area contributed by atoms with Gasteiger partial charge >= 0.3 is 5.97 Å². The minimum absolute atomic E-state index is 0.113. The third kappa shape index (κ3) is 10.5. The fourth-order valence-corrected chi connectivity index (χ4v) is 1.70. The lowest BCUT2D eigenvalue weighted by atomic mass is 9.92. The number of carboxylic acids is 1. The normalized spacial score (nSPS) is 13.9. The zero-order chi connectivity index (χ0) is 15.3. The van der Waals surface area contributed by atoms with Crippen molar-refractivity contribution < 1.29 is 27.3 Å². The van der Waals surface area contributed by atoms with E-state index in [0.29, 0.717) is 0 Å². The molecule has 0 fully saturated rings. The van der Waals surface area contributed by atoms with Gasteiger partial charge in [-0.3, -0.25) is 8.98 Å². The van der Waals surface area contributed by atoms with Gasteiger partial charge in [0.15, 0.2) is 0 Å². The number of rotatable bonds is 7. The maximum absolute atomic E-state index is 11.6. The van der Waals surface area contributed by atoms with Gasteiger partial charge in [-0.2, -0.15) is 8.42 Å². The van der Waals surface area contributed by atoms with Crippen LogP contribution in [0.3, 0.4) is 0 Å². The van der Waals surface area contributed by atoms with E-state index < -0.39 is 22.1 Å². The third-order valence-corrected chi connectivity index (χ3v) is 2.62. The maximum Gasteiger partial charge on any atom is 0.326 e. The Balaban J connectivity index is 4.35. The number of carboxylic acid groups (broad SMARTS) is 1. The van der Waals surface area contributed by atoms with E-state index in [1.54, 1.807) is 0 Å². The third-order valence-electron chi connectivity index (χ3n) is 2.03. The molecular formula is C11H21NO6S. The van der Waals surface area contributed by atoms with Crippen LogP contribution >= 0.6 is 0 Å². The summed E-state index contributed by atoms with van der Waals surface area (Å²) in [5.74, 6) is -1.61. The number of aliphatic carboxylic acids is 1. The highest BCUT2D eigenvalue weighted by Gasteiger charge is 2.23. The standard InChI is InChI=1S/C11H21NO6S/c1-11(2,3)7-9(13)12-8(10(14)15)5-6-18-19(4,16)17/h8H,5-7H2,1-4H3,(H,12,13)(H,14,15)/t8-/m0/s1. The monoisotopic (exact) mass is 295 g/mol. The lowest BCUT2D eigenvalue weighted by Gasteiger charge is -2.20. The summed E-state index contributed by atoms with van der Waals surface area (Å²) in [7, 11) is -3.61. The molecule has 0 aliphatic heterocycles. The Morgan fingerprint density at radius 3 is 2.21 bits per heavy atom. The first-order valence-corrected chi connectivity index (χ1v) is 7.59. The van der Waals surface area contributed by atoms with E-state index >= 15 is 0 Å². The predicted molar refractivity (Wildman–Crippen MR) is 69.1 cm³/mol. The average Bonchev–Trinajstić information content (AvgIpc) is 2.10. The SMILES string of the molecule is CC(C)(C)CC(=O)N[C@@H](CCOS(C)(=O)=O)C(=O)O. The van der Waals surface area contributed by atoms with Crippen LogP contribution in [-0.4, -0.2) is 44.3 Å². The van der Waals surface area contributed by atoms with Crippen molar-refractivity contribution in [3.8, 4) is 0 Å². The molecule has 0 heterocycles. The second-order valence-electron chi connectivity index (χ2n) is 5.51. The Hall–Kier alpha value is -1.15. The molecule has 1 amide bonds. The summed E-state index contributed by atoms with van der Waals surface area (Å²) in [5.41, 5.74) is -0.254. The van der Waals surface area contributed by atoms with E-state index in [1.165, 1.54) is 0 Å². The Morgan fingerprint density at radius 1 is 1.32 bits per heavy atom. The number of hydrogen-bond donors (Lipinski definition) is 2. The number of hydrogen-bond acceptors (Lipinski definition) is 5. The summed E-state index contributed by atoms with van der Waals surface area (Å²) < 4.78 is 25.9. The number of carbonyl (C=O) groups excluding carboxylic acids is 1. The summed E-state index contributed by atoms with van der Waals surface area (Å²) in [4.78, 5) is 22.5. The van der Waals surface area contributed by atoms with E-state index in [-0.39, 0.29) is 30.8 Å². The van der Waals surface area contributed by atoms with Gasteiger partial charge < -0.3 is 10.4 Å².